The Hall–Kier alpha value is -2.91. The molecule has 2 aromatic carbocycles. The quantitative estimate of drug-likeness (QED) is 0.478. The summed E-state index contributed by atoms with van der Waals surface area (Å²) in [5.41, 5.74) is 2.60. The van der Waals surface area contributed by atoms with E-state index in [1.54, 1.807) is 31.4 Å². The number of aromatic nitrogens is 4. The average molecular weight is 397 g/mol. The van der Waals surface area contributed by atoms with Gasteiger partial charge in [-0.3, -0.25) is 4.79 Å². The van der Waals surface area contributed by atoms with Crippen LogP contribution in [0.2, 0.25) is 0 Å². The number of fused-ring (bicyclic) bond motifs is 1. The predicted octanol–water partition coefficient (Wildman–Crippen LogP) is 3.97. The number of nitrogens with one attached hydrogen (secondary N) is 2. The van der Waals surface area contributed by atoms with Gasteiger partial charge in [-0.1, -0.05) is 35.2 Å². The number of hydrogen-bond acceptors (Lipinski definition) is 7. The maximum atomic E-state index is 12.3. The van der Waals surface area contributed by atoms with Crippen LogP contribution in [0.25, 0.3) is 11.0 Å². The highest BCUT2D eigenvalue weighted by atomic mass is 32.2. The van der Waals surface area contributed by atoms with Crippen LogP contribution in [0.15, 0.2) is 53.7 Å². The van der Waals surface area contributed by atoms with Crippen LogP contribution in [0.4, 0.5) is 5.69 Å². The number of benzene rings is 2. The molecule has 0 atom stereocenters. The molecule has 7 nitrogen and oxygen atoms in total. The van der Waals surface area contributed by atoms with Gasteiger partial charge in [0, 0.05) is 5.69 Å². The van der Waals surface area contributed by atoms with Gasteiger partial charge in [-0.2, -0.15) is 0 Å². The summed E-state index contributed by atoms with van der Waals surface area (Å²) < 4.78 is 5.10. The molecule has 1 amide bonds. The van der Waals surface area contributed by atoms with Crippen LogP contribution in [0, 0.1) is 0 Å². The maximum Gasteiger partial charge on any atom is 0.286 e. The molecule has 0 aliphatic carbocycles. The molecule has 2 aromatic heterocycles. The number of imidazole rings is 1. The smallest absolute Gasteiger partial charge is 0.286 e. The second-order valence-electron chi connectivity index (χ2n) is 5.53. The third kappa shape index (κ3) is 4.09. The third-order valence-corrected chi connectivity index (χ3v) is 5.70. The number of ether oxygens (including phenoxy) is 1. The summed E-state index contributed by atoms with van der Waals surface area (Å²) in [6.07, 6.45) is 0. The molecular formula is C18H15N5O2S2. The van der Waals surface area contributed by atoms with Gasteiger partial charge < -0.3 is 15.0 Å². The molecule has 136 valence electrons. The van der Waals surface area contributed by atoms with Crippen LogP contribution in [-0.2, 0) is 5.75 Å². The van der Waals surface area contributed by atoms with E-state index < -0.39 is 0 Å². The van der Waals surface area contributed by atoms with Crippen LogP contribution >= 0.6 is 23.1 Å². The van der Waals surface area contributed by atoms with E-state index >= 15 is 0 Å². The van der Waals surface area contributed by atoms with E-state index in [0.29, 0.717) is 16.4 Å². The van der Waals surface area contributed by atoms with E-state index in [9.17, 15) is 4.79 Å². The molecule has 0 saturated heterocycles. The zero-order chi connectivity index (χ0) is 18.6. The molecule has 4 aromatic rings. The van der Waals surface area contributed by atoms with E-state index in [0.717, 1.165) is 26.9 Å². The molecule has 0 fully saturated rings. The summed E-state index contributed by atoms with van der Waals surface area (Å²) in [7, 11) is 1.60. The van der Waals surface area contributed by atoms with Gasteiger partial charge in [0.25, 0.3) is 5.91 Å². The lowest BCUT2D eigenvalue weighted by atomic mass is 10.3. The summed E-state index contributed by atoms with van der Waals surface area (Å²) in [5, 5.41) is 12.8. The minimum absolute atomic E-state index is 0.280. The molecule has 2 N–H and O–H groups in total. The first-order valence-electron chi connectivity index (χ1n) is 8.06. The van der Waals surface area contributed by atoms with E-state index in [-0.39, 0.29) is 5.91 Å². The van der Waals surface area contributed by atoms with Crippen molar-refractivity contribution in [3.05, 3.63) is 58.5 Å². The number of thioether (sulfide) groups is 1. The molecule has 0 unspecified atom stereocenters. The van der Waals surface area contributed by atoms with Gasteiger partial charge >= 0.3 is 0 Å². The summed E-state index contributed by atoms with van der Waals surface area (Å²) in [5.74, 6) is 1.04. The highest BCUT2D eigenvalue weighted by molar-refractivity contribution is 7.98. The Morgan fingerprint density at radius 3 is 2.78 bits per heavy atom. The SMILES string of the molecule is COc1ccc(NC(=O)c2nnc(CSc3nc4ccccc4[nH]3)s2)cc1. The second-order valence-corrected chi connectivity index (χ2v) is 7.56. The van der Waals surface area contributed by atoms with Crippen molar-refractivity contribution < 1.29 is 9.53 Å². The van der Waals surface area contributed by atoms with Crippen LogP contribution in [-0.4, -0.2) is 33.2 Å². The lowest BCUT2D eigenvalue weighted by Gasteiger charge is -2.03. The van der Waals surface area contributed by atoms with E-state index in [2.05, 4.69) is 25.5 Å². The van der Waals surface area contributed by atoms with Crippen molar-refractivity contribution in [3.63, 3.8) is 0 Å². The number of H-pyrrole nitrogens is 1. The van der Waals surface area contributed by atoms with Gasteiger partial charge in [-0.25, -0.2) is 4.98 Å². The summed E-state index contributed by atoms with van der Waals surface area (Å²) >= 11 is 2.80. The van der Waals surface area contributed by atoms with Gasteiger partial charge in [0.05, 0.1) is 23.9 Å². The number of hydrogen-bond donors (Lipinski definition) is 2. The van der Waals surface area contributed by atoms with Gasteiger partial charge in [-0.05, 0) is 36.4 Å². The largest absolute Gasteiger partial charge is 0.497 e. The fourth-order valence-electron chi connectivity index (χ4n) is 2.39. The van der Waals surface area contributed by atoms with Gasteiger partial charge in [-0.15, -0.1) is 10.2 Å². The van der Waals surface area contributed by atoms with Crippen molar-refractivity contribution >= 4 is 45.7 Å². The number of carbonyl (C=O) groups is 1. The maximum absolute atomic E-state index is 12.3. The van der Waals surface area contributed by atoms with Crippen molar-refractivity contribution in [2.75, 3.05) is 12.4 Å². The molecule has 0 radical (unpaired) electrons. The molecule has 27 heavy (non-hydrogen) atoms. The zero-order valence-corrected chi connectivity index (χ0v) is 15.9. The van der Waals surface area contributed by atoms with Crippen molar-refractivity contribution in [1.29, 1.82) is 0 Å². The Labute approximate surface area is 163 Å². The van der Waals surface area contributed by atoms with Crippen molar-refractivity contribution in [3.8, 4) is 5.75 Å². The molecule has 0 aliphatic rings. The second kappa shape index (κ2) is 7.77. The van der Waals surface area contributed by atoms with Crippen LogP contribution in [0.5, 0.6) is 5.75 Å². The molecule has 2 heterocycles. The third-order valence-electron chi connectivity index (χ3n) is 3.71. The Bertz CT molecular complexity index is 1040. The normalized spacial score (nSPS) is 10.9. The molecule has 9 heteroatoms. The highest BCUT2D eigenvalue weighted by Gasteiger charge is 2.14. The number of carbonyl (C=O) groups excluding carboxylic acids is 1. The number of rotatable bonds is 6. The molecule has 0 spiro atoms. The van der Waals surface area contributed by atoms with E-state index in [4.69, 9.17) is 4.74 Å². The standard InChI is InChI=1S/C18H15N5O2S2/c1-25-12-8-6-11(7-9-12)19-16(24)17-23-22-15(27-17)10-26-18-20-13-4-2-3-5-14(13)21-18/h2-9H,10H2,1H3,(H,19,24)(H,20,21). The van der Waals surface area contributed by atoms with E-state index in [1.807, 2.05) is 24.3 Å². The lowest BCUT2D eigenvalue weighted by molar-refractivity contribution is 0.102. The minimum atomic E-state index is -0.280. The van der Waals surface area contributed by atoms with Crippen molar-refractivity contribution in [1.82, 2.24) is 20.2 Å². The van der Waals surface area contributed by atoms with Crippen LogP contribution in [0.1, 0.15) is 14.8 Å². The van der Waals surface area contributed by atoms with E-state index in [1.165, 1.54) is 23.1 Å². The van der Waals surface area contributed by atoms with Crippen molar-refractivity contribution in [2.45, 2.75) is 10.9 Å². The fraction of sp³-hybridized carbons (Fsp3) is 0.111. The zero-order valence-electron chi connectivity index (χ0n) is 14.3. The number of aromatic amines is 1. The summed E-state index contributed by atoms with van der Waals surface area (Å²) in [4.78, 5) is 20.1. The molecule has 4 rings (SSSR count). The fourth-order valence-corrected chi connectivity index (χ4v) is 4.00. The van der Waals surface area contributed by atoms with Gasteiger partial charge in [0.2, 0.25) is 5.01 Å². The van der Waals surface area contributed by atoms with Gasteiger partial charge in [0.1, 0.15) is 10.8 Å². The lowest BCUT2D eigenvalue weighted by Crippen LogP contribution is -2.11. The minimum Gasteiger partial charge on any atom is -0.497 e. The molecular weight excluding hydrogens is 382 g/mol. The van der Waals surface area contributed by atoms with Crippen LogP contribution < -0.4 is 10.1 Å². The molecule has 0 aliphatic heterocycles. The number of nitrogens with zero attached hydrogens (tertiary/aromatic N) is 3. The average Bonchev–Trinajstić information content (AvgIpc) is 3.33. The first kappa shape index (κ1) is 17.5. The Morgan fingerprint density at radius 1 is 1.19 bits per heavy atom. The van der Waals surface area contributed by atoms with Gasteiger partial charge in [0.15, 0.2) is 5.16 Å². The Kier molecular flexibility index (Phi) is 5.03. The topological polar surface area (TPSA) is 92.8 Å². The number of anilines is 1. The molecule has 0 bridgehead atoms. The Morgan fingerprint density at radius 2 is 2.00 bits per heavy atom. The first-order valence-corrected chi connectivity index (χ1v) is 9.87. The number of methoxy groups -OCH3 is 1. The summed E-state index contributed by atoms with van der Waals surface area (Å²) in [6, 6.07) is 15.0. The van der Waals surface area contributed by atoms with Crippen LogP contribution in [0.3, 0.4) is 0 Å². The number of para-hydroxylation sites is 2. The predicted molar refractivity (Wildman–Crippen MR) is 107 cm³/mol. The summed E-state index contributed by atoms with van der Waals surface area (Å²) in [6.45, 7) is 0. The monoisotopic (exact) mass is 397 g/mol. The Balaban J connectivity index is 1.37. The first-order chi connectivity index (χ1) is 13.2. The number of amides is 1. The van der Waals surface area contributed by atoms with Crippen molar-refractivity contribution in [2.24, 2.45) is 0 Å². The highest BCUT2D eigenvalue weighted by Crippen LogP contribution is 2.25. The molecule has 0 saturated carbocycles.